The van der Waals surface area contributed by atoms with E-state index in [2.05, 4.69) is 5.32 Å². The van der Waals surface area contributed by atoms with E-state index in [1.165, 1.54) is 12.1 Å². The Hall–Kier alpha value is -3.06. The van der Waals surface area contributed by atoms with Gasteiger partial charge in [-0.15, -0.1) is 0 Å². The summed E-state index contributed by atoms with van der Waals surface area (Å²) in [5.41, 5.74) is 1.60. The van der Waals surface area contributed by atoms with Crippen LogP contribution in [0.15, 0.2) is 42.5 Å². The molecule has 8 heteroatoms. The third kappa shape index (κ3) is 5.26. The molecular weight excluding hydrogens is 396 g/mol. The highest BCUT2D eigenvalue weighted by molar-refractivity contribution is 6.34. The highest BCUT2D eigenvalue weighted by Gasteiger charge is 2.24. The number of benzene rings is 2. The number of anilines is 1. The van der Waals surface area contributed by atoms with Crippen LogP contribution in [0.25, 0.3) is 0 Å². The van der Waals surface area contributed by atoms with Gasteiger partial charge in [-0.1, -0.05) is 23.7 Å². The standard InChI is InChI=1S/C21H21ClN2O5/c1-28-16-7-4-14(5-8-16)12-23-19(25)13-29-21(27)15-6-9-17(22)18(11-15)24-10-2-3-20(24)26/h4-9,11H,2-3,10,12-13H2,1H3,(H,23,25). The molecule has 0 unspecified atom stereocenters. The smallest absolute Gasteiger partial charge is 0.338 e. The molecule has 1 aliphatic heterocycles. The zero-order valence-electron chi connectivity index (χ0n) is 15.9. The monoisotopic (exact) mass is 416 g/mol. The van der Waals surface area contributed by atoms with Crippen LogP contribution in [-0.4, -0.2) is 38.0 Å². The Kier molecular flexibility index (Phi) is 6.72. The maximum absolute atomic E-state index is 12.3. The normalized spacial score (nSPS) is 13.3. The van der Waals surface area contributed by atoms with Crippen LogP contribution >= 0.6 is 11.6 Å². The summed E-state index contributed by atoms with van der Waals surface area (Å²) >= 11 is 6.17. The number of nitrogens with zero attached hydrogens (tertiary/aromatic N) is 1. The molecule has 2 aromatic carbocycles. The lowest BCUT2D eigenvalue weighted by Gasteiger charge is -2.18. The van der Waals surface area contributed by atoms with Crippen molar-refractivity contribution < 1.29 is 23.9 Å². The van der Waals surface area contributed by atoms with Crippen molar-refractivity contribution >= 4 is 35.1 Å². The molecule has 2 aromatic rings. The minimum Gasteiger partial charge on any atom is -0.497 e. The van der Waals surface area contributed by atoms with Crippen LogP contribution in [-0.2, 0) is 20.9 Å². The first-order valence-electron chi connectivity index (χ1n) is 9.14. The fraction of sp³-hybridized carbons (Fsp3) is 0.286. The fourth-order valence-corrected chi connectivity index (χ4v) is 3.18. The van der Waals surface area contributed by atoms with Gasteiger partial charge in [-0.2, -0.15) is 0 Å². The molecule has 1 fully saturated rings. The number of methoxy groups -OCH3 is 1. The van der Waals surface area contributed by atoms with Crippen molar-refractivity contribution in [3.8, 4) is 5.75 Å². The van der Waals surface area contributed by atoms with E-state index in [0.29, 0.717) is 30.2 Å². The van der Waals surface area contributed by atoms with Gasteiger partial charge in [0.05, 0.1) is 23.4 Å². The fourth-order valence-electron chi connectivity index (χ4n) is 2.96. The second-order valence-electron chi connectivity index (χ2n) is 6.52. The van der Waals surface area contributed by atoms with E-state index in [9.17, 15) is 14.4 Å². The van der Waals surface area contributed by atoms with Crippen molar-refractivity contribution in [3.63, 3.8) is 0 Å². The lowest BCUT2D eigenvalue weighted by molar-refractivity contribution is -0.124. The zero-order valence-corrected chi connectivity index (χ0v) is 16.7. The SMILES string of the molecule is COc1ccc(CNC(=O)COC(=O)c2ccc(Cl)c(N3CCCC3=O)c2)cc1. The number of rotatable bonds is 7. The predicted molar refractivity (Wildman–Crippen MR) is 108 cm³/mol. The summed E-state index contributed by atoms with van der Waals surface area (Å²) in [6.45, 7) is 0.461. The molecule has 0 radical (unpaired) electrons. The van der Waals surface area contributed by atoms with E-state index in [1.54, 1.807) is 30.2 Å². The van der Waals surface area contributed by atoms with Crippen LogP contribution in [0.4, 0.5) is 5.69 Å². The number of hydrogen-bond donors (Lipinski definition) is 1. The summed E-state index contributed by atoms with van der Waals surface area (Å²) in [6, 6.07) is 11.8. The maximum atomic E-state index is 12.3. The average molecular weight is 417 g/mol. The van der Waals surface area contributed by atoms with Crippen molar-refractivity contribution in [1.82, 2.24) is 5.32 Å². The number of esters is 1. The molecule has 0 bridgehead atoms. The van der Waals surface area contributed by atoms with Crippen LogP contribution in [0.5, 0.6) is 5.75 Å². The van der Waals surface area contributed by atoms with Gasteiger partial charge in [0.1, 0.15) is 5.75 Å². The molecule has 1 saturated heterocycles. The molecular formula is C21H21ClN2O5. The molecule has 152 valence electrons. The molecule has 29 heavy (non-hydrogen) atoms. The van der Waals surface area contributed by atoms with Crippen LogP contribution in [0.1, 0.15) is 28.8 Å². The molecule has 0 aliphatic carbocycles. The summed E-state index contributed by atoms with van der Waals surface area (Å²) in [4.78, 5) is 37.7. The van der Waals surface area contributed by atoms with Crippen LogP contribution in [0.2, 0.25) is 5.02 Å². The van der Waals surface area contributed by atoms with E-state index in [0.717, 1.165) is 17.7 Å². The molecule has 2 amide bonds. The van der Waals surface area contributed by atoms with E-state index in [-0.39, 0.29) is 11.5 Å². The van der Waals surface area contributed by atoms with Gasteiger partial charge < -0.3 is 19.7 Å². The summed E-state index contributed by atoms with van der Waals surface area (Å²) < 4.78 is 10.2. The number of carbonyl (C=O) groups is 3. The van der Waals surface area contributed by atoms with Crippen LogP contribution in [0.3, 0.4) is 0 Å². The Morgan fingerprint density at radius 3 is 2.59 bits per heavy atom. The number of carbonyl (C=O) groups excluding carboxylic acids is 3. The van der Waals surface area contributed by atoms with Gasteiger partial charge in [0.25, 0.3) is 5.91 Å². The second kappa shape index (κ2) is 9.43. The third-order valence-corrected chi connectivity index (χ3v) is 4.85. The van der Waals surface area contributed by atoms with Crippen molar-refractivity contribution in [2.45, 2.75) is 19.4 Å². The molecule has 1 heterocycles. The van der Waals surface area contributed by atoms with Crippen LogP contribution in [0, 0.1) is 0 Å². The maximum Gasteiger partial charge on any atom is 0.338 e. The van der Waals surface area contributed by atoms with Crippen molar-refractivity contribution in [2.75, 3.05) is 25.2 Å². The Balaban J connectivity index is 1.53. The van der Waals surface area contributed by atoms with Crippen molar-refractivity contribution in [3.05, 3.63) is 58.6 Å². The van der Waals surface area contributed by atoms with E-state index >= 15 is 0 Å². The minimum atomic E-state index is -0.658. The van der Waals surface area contributed by atoms with Crippen molar-refractivity contribution in [1.29, 1.82) is 0 Å². The molecule has 3 rings (SSSR count). The lowest BCUT2D eigenvalue weighted by Crippen LogP contribution is -2.28. The van der Waals surface area contributed by atoms with Gasteiger partial charge in [0.2, 0.25) is 5.91 Å². The summed E-state index contributed by atoms with van der Waals surface area (Å²) in [6.07, 6.45) is 1.21. The number of amides is 2. The molecule has 0 aromatic heterocycles. The Morgan fingerprint density at radius 1 is 1.17 bits per heavy atom. The first-order chi connectivity index (χ1) is 14.0. The molecule has 1 aliphatic rings. The molecule has 7 nitrogen and oxygen atoms in total. The van der Waals surface area contributed by atoms with Crippen molar-refractivity contribution in [2.24, 2.45) is 0 Å². The van der Waals surface area contributed by atoms with E-state index < -0.39 is 18.5 Å². The largest absolute Gasteiger partial charge is 0.497 e. The Bertz CT molecular complexity index is 914. The number of nitrogens with one attached hydrogen (secondary N) is 1. The third-order valence-electron chi connectivity index (χ3n) is 4.53. The lowest BCUT2D eigenvalue weighted by atomic mass is 10.2. The van der Waals surface area contributed by atoms with E-state index in [4.69, 9.17) is 21.1 Å². The van der Waals surface area contributed by atoms with Gasteiger partial charge in [-0.05, 0) is 42.3 Å². The van der Waals surface area contributed by atoms with Gasteiger partial charge >= 0.3 is 5.97 Å². The number of ether oxygens (including phenoxy) is 2. The first-order valence-corrected chi connectivity index (χ1v) is 9.52. The highest BCUT2D eigenvalue weighted by Crippen LogP contribution is 2.30. The Morgan fingerprint density at radius 2 is 1.93 bits per heavy atom. The highest BCUT2D eigenvalue weighted by atomic mass is 35.5. The average Bonchev–Trinajstić information content (AvgIpc) is 3.16. The number of halogens is 1. The zero-order chi connectivity index (χ0) is 20.8. The van der Waals surface area contributed by atoms with Gasteiger partial charge in [-0.3, -0.25) is 9.59 Å². The number of hydrogen-bond acceptors (Lipinski definition) is 5. The quantitative estimate of drug-likeness (QED) is 0.701. The Labute approximate surface area is 173 Å². The van der Waals surface area contributed by atoms with Gasteiger partial charge in [0.15, 0.2) is 6.61 Å². The molecule has 1 N–H and O–H groups in total. The topological polar surface area (TPSA) is 84.9 Å². The summed E-state index contributed by atoms with van der Waals surface area (Å²) in [5, 5.41) is 3.07. The summed E-state index contributed by atoms with van der Waals surface area (Å²) in [7, 11) is 1.58. The van der Waals surface area contributed by atoms with E-state index in [1.807, 2.05) is 12.1 Å². The minimum absolute atomic E-state index is 0.0321. The van der Waals surface area contributed by atoms with Gasteiger partial charge in [0, 0.05) is 19.5 Å². The molecule has 0 spiro atoms. The first kappa shape index (κ1) is 20.7. The predicted octanol–water partition coefficient (Wildman–Crippen LogP) is 2.95. The van der Waals surface area contributed by atoms with Crippen LogP contribution < -0.4 is 15.0 Å². The molecule has 0 atom stereocenters. The summed E-state index contributed by atoms with van der Waals surface area (Å²) in [5.74, 6) is -0.380. The molecule has 0 saturated carbocycles. The van der Waals surface area contributed by atoms with Gasteiger partial charge in [-0.25, -0.2) is 4.79 Å². The second-order valence-corrected chi connectivity index (χ2v) is 6.92.